The van der Waals surface area contributed by atoms with Gasteiger partial charge in [0.25, 0.3) is 0 Å². The first kappa shape index (κ1) is 16.9. The van der Waals surface area contributed by atoms with Gasteiger partial charge in [-0.25, -0.2) is 9.97 Å². The first-order chi connectivity index (χ1) is 12.8. The molecule has 0 aliphatic rings. The van der Waals surface area contributed by atoms with E-state index in [1.807, 2.05) is 72.8 Å². The second kappa shape index (κ2) is 8.27. The van der Waals surface area contributed by atoms with E-state index in [4.69, 9.17) is 0 Å². The zero-order chi connectivity index (χ0) is 18.2. The minimum absolute atomic E-state index is 0.149. The first-order valence-electron chi connectivity index (χ1n) is 8.08. The van der Waals surface area contributed by atoms with E-state index in [9.17, 15) is 10.5 Å². The summed E-state index contributed by atoms with van der Waals surface area (Å²) in [4.78, 5) is 8.54. The van der Waals surface area contributed by atoms with Gasteiger partial charge in [0.15, 0.2) is 23.0 Å². The normalized spacial score (nSPS) is 9.77. The number of nitrogens with zero attached hydrogens (tertiary/aromatic N) is 4. The molecule has 0 fully saturated rings. The third-order valence-corrected chi connectivity index (χ3v) is 3.71. The highest BCUT2D eigenvalue weighted by molar-refractivity contribution is 5.58. The summed E-state index contributed by atoms with van der Waals surface area (Å²) in [6.07, 6.45) is 0. The van der Waals surface area contributed by atoms with Gasteiger partial charge >= 0.3 is 0 Å². The average Bonchev–Trinajstić information content (AvgIpc) is 2.72. The topological polar surface area (TPSA) is 97.4 Å². The maximum Gasteiger partial charge on any atom is 0.185 e. The highest BCUT2D eigenvalue weighted by atomic mass is 15.1. The van der Waals surface area contributed by atoms with Crippen molar-refractivity contribution in [3.63, 3.8) is 0 Å². The zero-order valence-electron chi connectivity index (χ0n) is 14.0. The lowest BCUT2D eigenvalue weighted by molar-refractivity contribution is 1.03. The molecule has 0 bridgehead atoms. The average molecular weight is 340 g/mol. The van der Waals surface area contributed by atoms with Crippen LogP contribution in [0.2, 0.25) is 0 Å². The van der Waals surface area contributed by atoms with Crippen LogP contribution in [-0.2, 0) is 13.1 Å². The first-order valence-corrected chi connectivity index (χ1v) is 8.08. The molecule has 2 N–H and O–H groups in total. The third kappa shape index (κ3) is 4.14. The van der Waals surface area contributed by atoms with E-state index in [1.54, 1.807) is 0 Å². The van der Waals surface area contributed by atoms with Crippen molar-refractivity contribution in [3.05, 3.63) is 83.2 Å². The maximum atomic E-state index is 9.39. The molecule has 0 atom stereocenters. The van der Waals surface area contributed by atoms with Crippen LogP contribution in [0.25, 0.3) is 0 Å². The molecule has 1 aromatic heterocycles. The standard InChI is InChI=1S/C20H16N6/c21-11-17-19(23-13-15-7-3-1-4-8-15)25-18(12-22)20(26-17)24-14-16-9-5-2-6-10-16/h1-10H,13-14H2,(H,23,25)(H,24,26). The number of rotatable bonds is 6. The number of aromatic nitrogens is 2. The molecule has 0 saturated heterocycles. The Morgan fingerprint density at radius 2 is 1.04 bits per heavy atom. The summed E-state index contributed by atoms with van der Waals surface area (Å²) in [7, 11) is 0. The molecule has 3 rings (SSSR count). The van der Waals surface area contributed by atoms with Gasteiger partial charge in [0.05, 0.1) is 0 Å². The summed E-state index contributed by atoms with van der Waals surface area (Å²) < 4.78 is 0. The summed E-state index contributed by atoms with van der Waals surface area (Å²) in [6.45, 7) is 0.984. The Labute approximate surface area is 151 Å². The van der Waals surface area contributed by atoms with Gasteiger partial charge in [0.1, 0.15) is 12.1 Å². The largest absolute Gasteiger partial charge is 0.364 e. The van der Waals surface area contributed by atoms with Crippen molar-refractivity contribution in [2.75, 3.05) is 10.6 Å². The van der Waals surface area contributed by atoms with Crippen LogP contribution in [-0.4, -0.2) is 9.97 Å². The number of nitriles is 2. The van der Waals surface area contributed by atoms with Gasteiger partial charge in [0.2, 0.25) is 0 Å². The lowest BCUT2D eigenvalue weighted by Crippen LogP contribution is -2.10. The van der Waals surface area contributed by atoms with Crippen LogP contribution in [0.3, 0.4) is 0 Å². The highest BCUT2D eigenvalue weighted by Crippen LogP contribution is 2.18. The molecule has 3 aromatic rings. The monoisotopic (exact) mass is 340 g/mol. The second-order valence-electron chi connectivity index (χ2n) is 5.52. The maximum absolute atomic E-state index is 9.39. The highest BCUT2D eigenvalue weighted by Gasteiger charge is 2.13. The molecule has 6 nitrogen and oxygen atoms in total. The van der Waals surface area contributed by atoms with Crippen molar-refractivity contribution >= 4 is 11.6 Å². The molecule has 6 heteroatoms. The van der Waals surface area contributed by atoms with E-state index < -0.39 is 0 Å². The minimum Gasteiger partial charge on any atom is -0.364 e. The van der Waals surface area contributed by atoms with Gasteiger partial charge in [-0.1, -0.05) is 60.7 Å². The summed E-state index contributed by atoms with van der Waals surface area (Å²) >= 11 is 0. The quantitative estimate of drug-likeness (QED) is 0.713. The zero-order valence-corrected chi connectivity index (χ0v) is 14.0. The van der Waals surface area contributed by atoms with E-state index in [1.165, 1.54) is 0 Å². The van der Waals surface area contributed by atoms with Crippen molar-refractivity contribution in [1.82, 2.24) is 9.97 Å². The number of hydrogen-bond donors (Lipinski definition) is 2. The lowest BCUT2D eigenvalue weighted by Gasteiger charge is -2.11. The van der Waals surface area contributed by atoms with E-state index in [0.717, 1.165) is 11.1 Å². The number of hydrogen-bond acceptors (Lipinski definition) is 6. The molecule has 0 radical (unpaired) electrons. The van der Waals surface area contributed by atoms with Gasteiger partial charge in [0, 0.05) is 13.1 Å². The molecular weight excluding hydrogens is 324 g/mol. The van der Waals surface area contributed by atoms with Crippen molar-refractivity contribution in [1.29, 1.82) is 10.5 Å². The molecule has 0 amide bonds. The van der Waals surface area contributed by atoms with Crippen LogP contribution >= 0.6 is 0 Å². The van der Waals surface area contributed by atoms with E-state index in [2.05, 4.69) is 20.6 Å². The SMILES string of the molecule is N#Cc1nc(NCc2ccccc2)c(C#N)nc1NCc1ccccc1. The van der Waals surface area contributed by atoms with Crippen LogP contribution in [0.4, 0.5) is 11.6 Å². The smallest absolute Gasteiger partial charge is 0.185 e. The summed E-state index contributed by atoms with van der Waals surface area (Å²) in [5, 5.41) is 24.9. The molecule has 0 aliphatic carbocycles. The predicted molar refractivity (Wildman–Crippen MR) is 99.0 cm³/mol. The molecule has 126 valence electrons. The molecular formula is C20H16N6. The minimum atomic E-state index is 0.149. The molecule has 1 heterocycles. The van der Waals surface area contributed by atoms with Gasteiger partial charge in [-0.3, -0.25) is 0 Å². The molecule has 0 spiro atoms. The molecule has 0 unspecified atom stereocenters. The number of nitrogens with one attached hydrogen (secondary N) is 2. The molecule has 26 heavy (non-hydrogen) atoms. The Balaban J connectivity index is 1.79. The Kier molecular flexibility index (Phi) is 5.39. The number of anilines is 2. The van der Waals surface area contributed by atoms with Crippen molar-refractivity contribution in [2.24, 2.45) is 0 Å². The van der Waals surface area contributed by atoms with E-state index >= 15 is 0 Å². The Morgan fingerprint density at radius 3 is 1.38 bits per heavy atom. The van der Waals surface area contributed by atoms with Gasteiger partial charge in [-0.2, -0.15) is 10.5 Å². The summed E-state index contributed by atoms with van der Waals surface area (Å²) in [6, 6.07) is 23.5. The van der Waals surface area contributed by atoms with Crippen LogP contribution in [0, 0.1) is 22.7 Å². The molecule has 0 saturated carbocycles. The van der Waals surface area contributed by atoms with Crippen molar-refractivity contribution < 1.29 is 0 Å². The van der Waals surface area contributed by atoms with Gasteiger partial charge in [-0.05, 0) is 11.1 Å². The van der Waals surface area contributed by atoms with Crippen molar-refractivity contribution in [3.8, 4) is 12.1 Å². The van der Waals surface area contributed by atoms with Crippen LogP contribution < -0.4 is 10.6 Å². The Hall–Kier alpha value is -3.90. The summed E-state index contributed by atoms with van der Waals surface area (Å²) in [5.74, 6) is 0.608. The van der Waals surface area contributed by atoms with Gasteiger partial charge in [-0.15, -0.1) is 0 Å². The Morgan fingerprint density at radius 1 is 0.654 bits per heavy atom. The third-order valence-electron chi connectivity index (χ3n) is 3.71. The summed E-state index contributed by atoms with van der Waals surface area (Å²) in [5.41, 5.74) is 2.39. The number of benzene rings is 2. The fourth-order valence-electron chi connectivity index (χ4n) is 2.40. The van der Waals surface area contributed by atoms with E-state index in [-0.39, 0.29) is 11.4 Å². The fourth-order valence-corrected chi connectivity index (χ4v) is 2.40. The predicted octanol–water partition coefficient (Wildman–Crippen LogP) is 3.44. The fraction of sp³-hybridized carbons (Fsp3) is 0.100. The second-order valence-corrected chi connectivity index (χ2v) is 5.52. The lowest BCUT2D eigenvalue weighted by atomic mass is 10.2. The van der Waals surface area contributed by atoms with Crippen LogP contribution in [0.1, 0.15) is 22.5 Å². The van der Waals surface area contributed by atoms with Crippen molar-refractivity contribution in [2.45, 2.75) is 13.1 Å². The molecule has 2 aromatic carbocycles. The van der Waals surface area contributed by atoms with E-state index in [0.29, 0.717) is 24.7 Å². The van der Waals surface area contributed by atoms with Crippen LogP contribution in [0.5, 0.6) is 0 Å². The molecule has 0 aliphatic heterocycles. The van der Waals surface area contributed by atoms with Crippen LogP contribution in [0.15, 0.2) is 60.7 Å². The Bertz CT molecular complexity index is 874. The van der Waals surface area contributed by atoms with Gasteiger partial charge < -0.3 is 10.6 Å².